The molecule has 3 heteroatoms. The van der Waals surface area contributed by atoms with E-state index in [1.54, 1.807) is 0 Å². The molecule has 0 aliphatic carbocycles. The van der Waals surface area contributed by atoms with Crippen molar-refractivity contribution in [3.05, 3.63) is 46.1 Å². The minimum Gasteiger partial charge on any atom is -0.330 e. The molecule has 0 amide bonds. The molecule has 0 aromatic heterocycles. The van der Waals surface area contributed by atoms with Crippen LogP contribution in [0.4, 0.5) is 0 Å². The summed E-state index contributed by atoms with van der Waals surface area (Å²) in [5, 5.41) is 0. The van der Waals surface area contributed by atoms with Crippen molar-refractivity contribution < 1.29 is 0 Å². The third-order valence-corrected chi connectivity index (χ3v) is 4.77. The third-order valence-electron chi connectivity index (χ3n) is 4.05. The van der Waals surface area contributed by atoms with Gasteiger partial charge in [-0.3, -0.25) is 4.90 Å². The van der Waals surface area contributed by atoms with Crippen LogP contribution in [0, 0.1) is 3.57 Å². The molecule has 0 radical (unpaired) electrons. The van der Waals surface area contributed by atoms with Gasteiger partial charge >= 0.3 is 0 Å². The molecule has 1 aliphatic heterocycles. The second-order valence-corrected chi connectivity index (χ2v) is 6.33. The van der Waals surface area contributed by atoms with Crippen molar-refractivity contribution in [2.75, 3.05) is 26.2 Å². The van der Waals surface area contributed by atoms with E-state index in [1.807, 2.05) is 6.08 Å². The Morgan fingerprint density at radius 3 is 2.39 bits per heavy atom. The van der Waals surface area contributed by atoms with E-state index in [9.17, 15) is 0 Å². The predicted octanol–water partition coefficient (Wildman–Crippen LogP) is 2.77. The zero-order chi connectivity index (χ0) is 13.0. The second kappa shape index (κ2) is 6.17. The average molecular weight is 356 g/mol. The lowest BCUT2D eigenvalue weighted by Crippen LogP contribution is -2.46. The number of benzene rings is 1. The van der Waals surface area contributed by atoms with Gasteiger partial charge in [-0.25, -0.2) is 0 Å². The quantitative estimate of drug-likeness (QED) is 0.664. The molecule has 0 spiro atoms. The van der Waals surface area contributed by atoms with Gasteiger partial charge in [0, 0.05) is 22.1 Å². The lowest BCUT2D eigenvalue weighted by molar-refractivity contribution is 0.176. The van der Waals surface area contributed by atoms with Crippen molar-refractivity contribution in [1.29, 1.82) is 0 Å². The molecule has 98 valence electrons. The molecule has 0 saturated carbocycles. The Labute approximate surface area is 123 Å². The van der Waals surface area contributed by atoms with Crippen LogP contribution in [-0.4, -0.2) is 31.1 Å². The Balaban J connectivity index is 2.13. The number of halogens is 1. The first-order chi connectivity index (χ1) is 8.70. The monoisotopic (exact) mass is 356 g/mol. The molecule has 1 aromatic carbocycles. The van der Waals surface area contributed by atoms with Crippen molar-refractivity contribution in [2.45, 2.75) is 18.3 Å². The highest BCUT2D eigenvalue weighted by Crippen LogP contribution is 2.34. The zero-order valence-corrected chi connectivity index (χ0v) is 12.9. The van der Waals surface area contributed by atoms with Crippen LogP contribution in [0.15, 0.2) is 36.9 Å². The highest BCUT2D eigenvalue weighted by molar-refractivity contribution is 14.1. The molecule has 1 saturated heterocycles. The van der Waals surface area contributed by atoms with Gasteiger partial charge in [0.05, 0.1) is 0 Å². The Kier molecular flexibility index (Phi) is 4.81. The maximum absolute atomic E-state index is 6.09. The van der Waals surface area contributed by atoms with Crippen LogP contribution >= 0.6 is 22.6 Å². The fraction of sp³-hybridized carbons (Fsp3) is 0.467. The maximum atomic E-state index is 6.09. The predicted molar refractivity (Wildman–Crippen MR) is 85.8 cm³/mol. The number of nitrogens with two attached hydrogens (primary N) is 1. The van der Waals surface area contributed by atoms with Gasteiger partial charge in [-0.15, -0.1) is 6.58 Å². The van der Waals surface area contributed by atoms with Gasteiger partial charge in [0.2, 0.25) is 0 Å². The highest BCUT2D eigenvalue weighted by atomic mass is 127. The van der Waals surface area contributed by atoms with Crippen molar-refractivity contribution in [1.82, 2.24) is 4.90 Å². The van der Waals surface area contributed by atoms with E-state index in [1.165, 1.54) is 9.13 Å². The van der Waals surface area contributed by atoms with Gasteiger partial charge in [0.25, 0.3) is 0 Å². The molecule has 0 atom stereocenters. The average Bonchev–Trinajstić information content (AvgIpc) is 2.41. The Bertz CT molecular complexity index is 391. The lowest BCUT2D eigenvalue weighted by atomic mass is 9.73. The molecule has 2 rings (SSSR count). The van der Waals surface area contributed by atoms with Crippen molar-refractivity contribution in [3.63, 3.8) is 0 Å². The summed E-state index contributed by atoms with van der Waals surface area (Å²) in [6.07, 6.45) is 4.29. The highest BCUT2D eigenvalue weighted by Gasteiger charge is 2.34. The van der Waals surface area contributed by atoms with Crippen LogP contribution in [0.3, 0.4) is 0 Å². The summed E-state index contributed by atoms with van der Waals surface area (Å²) in [7, 11) is 0. The van der Waals surface area contributed by atoms with Crippen LogP contribution in [0.1, 0.15) is 18.4 Å². The Hall–Kier alpha value is -0.390. The summed E-state index contributed by atoms with van der Waals surface area (Å²) in [5.41, 5.74) is 7.68. The van der Waals surface area contributed by atoms with E-state index in [2.05, 4.69) is 58.3 Å². The van der Waals surface area contributed by atoms with Crippen molar-refractivity contribution in [3.8, 4) is 0 Å². The molecular weight excluding hydrogens is 335 g/mol. The van der Waals surface area contributed by atoms with Gasteiger partial charge in [-0.05, 0) is 66.2 Å². The van der Waals surface area contributed by atoms with Crippen LogP contribution < -0.4 is 5.73 Å². The summed E-state index contributed by atoms with van der Waals surface area (Å²) in [6, 6.07) is 8.86. The van der Waals surface area contributed by atoms with Crippen LogP contribution in [0.25, 0.3) is 0 Å². The molecule has 18 heavy (non-hydrogen) atoms. The number of hydrogen-bond acceptors (Lipinski definition) is 2. The minimum atomic E-state index is 0.183. The van der Waals surface area contributed by atoms with Crippen LogP contribution in [0.2, 0.25) is 0 Å². The van der Waals surface area contributed by atoms with Crippen molar-refractivity contribution in [2.24, 2.45) is 5.73 Å². The van der Waals surface area contributed by atoms with Gasteiger partial charge < -0.3 is 5.73 Å². The number of hydrogen-bond donors (Lipinski definition) is 1. The summed E-state index contributed by atoms with van der Waals surface area (Å²) < 4.78 is 1.28. The number of likely N-dealkylation sites (tertiary alicyclic amines) is 1. The topological polar surface area (TPSA) is 29.3 Å². The van der Waals surface area contributed by atoms with E-state index >= 15 is 0 Å². The van der Waals surface area contributed by atoms with Gasteiger partial charge in [0.15, 0.2) is 0 Å². The second-order valence-electron chi connectivity index (χ2n) is 5.08. The molecule has 1 fully saturated rings. The normalized spacial score (nSPS) is 19.7. The maximum Gasteiger partial charge on any atom is 0.0160 e. The summed E-state index contributed by atoms with van der Waals surface area (Å²) >= 11 is 2.35. The third kappa shape index (κ3) is 2.95. The SMILES string of the molecule is C=CCN1CCC(CN)(c2ccc(I)cc2)CC1. The first-order valence-corrected chi connectivity index (χ1v) is 7.57. The zero-order valence-electron chi connectivity index (χ0n) is 10.7. The van der Waals surface area contributed by atoms with E-state index in [0.717, 1.165) is 39.0 Å². The van der Waals surface area contributed by atoms with E-state index in [4.69, 9.17) is 5.73 Å². The minimum absolute atomic E-state index is 0.183. The largest absolute Gasteiger partial charge is 0.330 e. The molecule has 1 heterocycles. The first kappa shape index (κ1) is 14.0. The fourth-order valence-corrected chi connectivity index (χ4v) is 3.12. The molecule has 1 aliphatic rings. The van der Waals surface area contributed by atoms with Crippen molar-refractivity contribution >= 4 is 22.6 Å². The lowest BCUT2D eigenvalue weighted by Gasteiger charge is -2.41. The molecule has 0 unspecified atom stereocenters. The van der Waals surface area contributed by atoms with Crippen LogP contribution in [0.5, 0.6) is 0 Å². The molecule has 1 aromatic rings. The van der Waals surface area contributed by atoms with Gasteiger partial charge in [0.1, 0.15) is 0 Å². The Morgan fingerprint density at radius 1 is 1.28 bits per heavy atom. The number of rotatable bonds is 4. The van der Waals surface area contributed by atoms with Gasteiger partial charge in [-0.2, -0.15) is 0 Å². The number of nitrogens with zero attached hydrogens (tertiary/aromatic N) is 1. The number of piperidine rings is 1. The Morgan fingerprint density at radius 2 is 1.89 bits per heavy atom. The fourth-order valence-electron chi connectivity index (χ4n) is 2.76. The van der Waals surface area contributed by atoms with E-state index in [0.29, 0.717) is 0 Å². The summed E-state index contributed by atoms with van der Waals surface area (Å²) in [5.74, 6) is 0. The van der Waals surface area contributed by atoms with Crippen LogP contribution in [-0.2, 0) is 5.41 Å². The van der Waals surface area contributed by atoms with E-state index < -0.39 is 0 Å². The standard InChI is InChI=1S/C15H21IN2/c1-2-9-18-10-7-15(12-17,8-11-18)13-3-5-14(16)6-4-13/h2-6H,1,7-12,17H2. The molecule has 2 nitrogen and oxygen atoms in total. The molecule has 0 bridgehead atoms. The summed E-state index contributed by atoms with van der Waals surface area (Å²) in [6.45, 7) is 7.79. The van der Waals surface area contributed by atoms with E-state index in [-0.39, 0.29) is 5.41 Å². The molecular formula is C15H21IN2. The smallest absolute Gasteiger partial charge is 0.0160 e. The molecule has 2 N–H and O–H groups in total. The summed E-state index contributed by atoms with van der Waals surface area (Å²) in [4.78, 5) is 2.45. The van der Waals surface area contributed by atoms with Gasteiger partial charge in [-0.1, -0.05) is 18.2 Å². The first-order valence-electron chi connectivity index (χ1n) is 6.49.